The molecule has 0 radical (unpaired) electrons. The third-order valence-corrected chi connectivity index (χ3v) is 4.97. The van der Waals surface area contributed by atoms with Crippen LogP contribution in [-0.4, -0.2) is 24.6 Å². The number of urea groups is 1. The number of amides is 3. The first-order chi connectivity index (χ1) is 12.9. The van der Waals surface area contributed by atoms with Crippen molar-refractivity contribution >= 4 is 22.9 Å². The molecule has 7 nitrogen and oxygen atoms in total. The van der Waals surface area contributed by atoms with Gasteiger partial charge < -0.3 is 14.5 Å². The first kappa shape index (κ1) is 18.9. The Morgan fingerprint density at radius 2 is 2.00 bits per heavy atom. The summed E-state index contributed by atoms with van der Waals surface area (Å²) in [6, 6.07) is 6.02. The number of hydrogen-bond donors (Lipinski definition) is 2. The molecule has 2 atom stereocenters. The molecule has 0 unspecified atom stereocenters. The number of carbonyl (C=O) groups is 2. The number of rotatable bonds is 4. The van der Waals surface area contributed by atoms with Crippen LogP contribution in [0, 0.1) is 12.8 Å². The van der Waals surface area contributed by atoms with Gasteiger partial charge in [-0.05, 0) is 43.4 Å². The van der Waals surface area contributed by atoms with Gasteiger partial charge in [-0.15, -0.1) is 0 Å². The van der Waals surface area contributed by atoms with Crippen LogP contribution >= 0.6 is 0 Å². The van der Waals surface area contributed by atoms with Gasteiger partial charge in [-0.25, -0.2) is 9.59 Å². The van der Waals surface area contributed by atoms with Gasteiger partial charge >= 0.3 is 11.7 Å². The highest BCUT2D eigenvalue weighted by atomic mass is 16.5. The Balaban J connectivity index is 1.53. The molecule has 3 amide bonds. The molecule has 1 heterocycles. The fourth-order valence-electron chi connectivity index (χ4n) is 3.44. The number of hydrogen-bond acceptors (Lipinski definition) is 5. The molecule has 2 N–H and O–H groups in total. The van der Waals surface area contributed by atoms with Gasteiger partial charge in [0.1, 0.15) is 11.3 Å². The summed E-state index contributed by atoms with van der Waals surface area (Å²) in [5.74, 6) is 0.251. The molecule has 2 aromatic rings. The van der Waals surface area contributed by atoms with Crippen LogP contribution < -0.4 is 21.0 Å². The maximum Gasteiger partial charge on any atom is 0.336 e. The molecule has 0 bridgehead atoms. The van der Waals surface area contributed by atoms with Gasteiger partial charge in [-0.3, -0.25) is 10.1 Å². The molecular formula is C20H24N2O5. The van der Waals surface area contributed by atoms with Crippen LogP contribution in [0.5, 0.6) is 5.75 Å². The van der Waals surface area contributed by atoms with E-state index in [0.29, 0.717) is 17.3 Å². The van der Waals surface area contributed by atoms with E-state index in [2.05, 4.69) is 17.6 Å². The molecule has 27 heavy (non-hydrogen) atoms. The molecule has 144 valence electrons. The van der Waals surface area contributed by atoms with Crippen LogP contribution in [0.4, 0.5) is 4.79 Å². The fourth-order valence-corrected chi connectivity index (χ4v) is 3.44. The Hall–Kier alpha value is -2.83. The minimum absolute atomic E-state index is 0.0964. The normalized spacial score (nSPS) is 19.5. The molecule has 0 spiro atoms. The number of imide groups is 1. The molecule has 1 fully saturated rings. The van der Waals surface area contributed by atoms with Crippen LogP contribution in [0.1, 0.15) is 38.2 Å². The van der Waals surface area contributed by atoms with Gasteiger partial charge in [0.2, 0.25) is 0 Å². The topological polar surface area (TPSA) is 97.6 Å². The zero-order chi connectivity index (χ0) is 19.4. The first-order valence-electron chi connectivity index (χ1n) is 9.20. The Labute approximate surface area is 157 Å². The fraction of sp³-hybridized carbons (Fsp3) is 0.450. The van der Waals surface area contributed by atoms with Gasteiger partial charge in [-0.1, -0.05) is 19.8 Å². The van der Waals surface area contributed by atoms with E-state index in [0.717, 1.165) is 30.2 Å². The van der Waals surface area contributed by atoms with Crippen LogP contribution in [0.2, 0.25) is 0 Å². The summed E-state index contributed by atoms with van der Waals surface area (Å²) in [6.07, 6.45) is 4.28. The SMILES string of the molecule is Cc1cc(=O)oc2cc(OCC(=O)NC(=O)N[C@@H]3CCCC[C@H]3C)ccc12. The van der Waals surface area contributed by atoms with Crippen LogP contribution in [0.25, 0.3) is 11.0 Å². The highest BCUT2D eigenvalue weighted by Gasteiger charge is 2.23. The number of nitrogens with one attached hydrogen (secondary N) is 2. The van der Waals surface area contributed by atoms with Crippen LogP contribution in [0.15, 0.2) is 33.5 Å². The predicted molar refractivity (Wildman–Crippen MR) is 101 cm³/mol. The molecule has 0 aliphatic heterocycles. The lowest BCUT2D eigenvalue weighted by Crippen LogP contribution is -2.48. The summed E-state index contributed by atoms with van der Waals surface area (Å²) in [5.41, 5.74) is 0.754. The van der Waals surface area contributed by atoms with Gasteiger partial charge in [0, 0.05) is 23.6 Å². The summed E-state index contributed by atoms with van der Waals surface area (Å²) in [4.78, 5) is 35.4. The van der Waals surface area contributed by atoms with Crippen molar-refractivity contribution in [2.75, 3.05) is 6.61 Å². The summed E-state index contributed by atoms with van der Waals surface area (Å²) in [5, 5.41) is 5.94. The predicted octanol–water partition coefficient (Wildman–Crippen LogP) is 2.88. The molecular weight excluding hydrogens is 348 g/mol. The lowest BCUT2D eigenvalue weighted by Gasteiger charge is -2.29. The average Bonchev–Trinajstić information content (AvgIpc) is 2.61. The van der Waals surface area contributed by atoms with E-state index in [1.54, 1.807) is 18.2 Å². The van der Waals surface area contributed by atoms with Crippen LogP contribution in [0.3, 0.4) is 0 Å². The maximum atomic E-state index is 12.0. The zero-order valence-electron chi connectivity index (χ0n) is 15.5. The average molecular weight is 372 g/mol. The summed E-state index contributed by atoms with van der Waals surface area (Å²) >= 11 is 0. The van der Waals surface area contributed by atoms with E-state index >= 15 is 0 Å². The standard InChI is InChI=1S/C20H24N2O5/c1-12-5-3-4-6-16(12)21-20(25)22-18(23)11-26-14-7-8-15-13(2)9-19(24)27-17(15)10-14/h7-10,12,16H,3-6,11H2,1-2H3,(H2,21,22,23,25)/t12-,16-/m1/s1. The van der Waals surface area contributed by atoms with Gasteiger partial charge in [0.15, 0.2) is 6.61 Å². The smallest absolute Gasteiger partial charge is 0.336 e. The van der Waals surface area contributed by atoms with E-state index in [1.165, 1.54) is 12.5 Å². The van der Waals surface area contributed by atoms with E-state index in [1.807, 2.05) is 6.92 Å². The number of ether oxygens (including phenoxy) is 1. The second kappa shape index (κ2) is 8.24. The summed E-state index contributed by atoms with van der Waals surface area (Å²) < 4.78 is 10.6. The molecule has 0 saturated heterocycles. The van der Waals surface area contributed by atoms with Crippen molar-refractivity contribution in [1.82, 2.24) is 10.6 Å². The molecule has 1 saturated carbocycles. The number of aryl methyl sites for hydroxylation is 1. The third-order valence-electron chi connectivity index (χ3n) is 4.97. The van der Waals surface area contributed by atoms with Crippen LogP contribution in [-0.2, 0) is 4.79 Å². The number of carbonyl (C=O) groups excluding carboxylic acids is 2. The van der Waals surface area contributed by atoms with Gasteiger partial charge in [0.05, 0.1) is 0 Å². The molecule has 1 aliphatic carbocycles. The highest BCUT2D eigenvalue weighted by molar-refractivity contribution is 5.95. The van der Waals surface area contributed by atoms with Gasteiger partial charge in [0.25, 0.3) is 5.91 Å². The molecule has 1 aromatic heterocycles. The first-order valence-corrected chi connectivity index (χ1v) is 9.20. The summed E-state index contributed by atoms with van der Waals surface area (Å²) in [6.45, 7) is 3.61. The Morgan fingerprint density at radius 3 is 2.78 bits per heavy atom. The van der Waals surface area contributed by atoms with E-state index in [-0.39, 0.29) is 12.6 Å². The van der Waals surface area contributed by atoms with Crippen molar-refractivity contribution in [1.29, 1.82) is 0 Å². The molecule has 1 aliphatic rings. The van der Waals surface area contributed by atoms with Crippen molar-refractivity contribution in [2.45, 2.75) is 45.6 Å². The van der Waals surface area contributed by atoms with E-state index in [4.69, 9.17) is 9.15 Å². The maximum absolute atomic E-state index is 12.0. The second-order valence-electron chi connectivity index (χ2n) is 7.08. The minimum atomic E-state index is -0.540. The Bertz CT molecular complexity index is 905. The molecule has 1 aromatic carbocycles. The van der Waals surface area contributed by atoms with E-state index in [9.17, 15) is 14.4 Å². The lowest BCUT2D eigenvalue weighted by molar-refractivity contribution is -0.122. The van der Waals surface area contributed by atoms with Crippen molar-refractivity contribution in [3.8, 4) is 5.75 Å². The monoisotopic (exact) mass is 372 g/mol. The quantitative estimate of drug-likeness (QED) is 0.804. The Morgan fingerprint density at radius 1 is 1.22 bits per heavy atom. The highest BCUT2D eigenvalue weighted by Crippen LogP contribution is 2.24. The van der Waals surface area contributed by atoms with E-state index < -0.39 is 17.6 Å². The van der Waals surface area contributed by atoms with Crippen molar-refractivity contribution in [3.05, 3.63) is 40.2 Å². The zero-order valence-corrected chi connectivity index (χ0v) is 15.5. The largest absolute Gasteiger partial charge is 0.484 e. The lowest BCUT2D eigenvalue weighted by atomic mass is 9.86. The molecule has 3 rings (SSSR count). The number of benzene rings is 1. The summed E-state index contributed by atoms with van der Waals surface area (Å²) in [7, 11) is 0. The van der Waals surface area contributed by atoms with Crippen molar-refractivity contribution in [2.24, 2.45) is 5.92 Å². The number of fused-ring (bicyclic) bond motifs is 1. The molecule has 7 heteroatoms. The van der Waals surface area contributed by atoms with Gasteiger partial charge in [-0.2, -0.15) is 0 Å². The Kier molecular flexibility index (Phi) is 5.78. The van der Waals surface area contributed by atoms with Crippen molar-refractivity contribution < 1.29 is 18.7 Å². The second-order valence-corrected chi connectivity index (χ2v) is 7.08. The minimum Gasteiger partial charge on any atom is -0.484 e. The van der Waals surface area contributed by atoms with Crippen molar-refractivity contribution in [3.63, 3.8) is 0 Å². The third kappa shape index (κ3) is 4.87.